The van der Waals surface area contributed by atoms with Gasteiger partial charge in [0.05, 0.1) is 11.5 Å². The zero-order valence-electron chi connectivity index (χ0n) is 18.3. The molecule has 0 saturated heterocycles. The minimum Gasteiger partial charge on any atom is -0.474 e. The second kappa shape index (κ2) is 8.48. The van der Waals surface area contributed by atoms with Crippen molar-refractivity contribution in [3.8, 4) is 5.88 Å². The van der Waals surface area contributed by atoms with Gasteiger partial charge in [0.25, 0.3) is 0 Å². The molecule has 2 heterocycles. The molecular formula is C23H35N3O2S. The molecule has 29 heavy (non-hydrogen) atoms. The zero-order valence-corrected chi connectivity index (χ0v) is 19.1. The van der Waals surface area contributed by atoms with E-state index in [9.17, 15) is 5.11 Å². The highest BCUT2D eigenvalue weighted by Crippen LogP contribution is 2.48. The van der Waals surface area contributed by atoms with Crippen LogP contribution >= 0.6 is 11.3 Å². The molecule has 160 valence electrons. The van der Waals surface area contributed by atoms with E-state index in [1.54, 1.807) is 17.7 Å². The van der Waals surface area contributed by atoms with Gasteiger partial charge in [0.15, 0.2) is 0 Å². The largest absolute Gasteiger partial charge is 0.474 e. The minimum atomic E-state index is -0.235. The van der Waals surface area contributed by atoms with E-state index in [0.29, 0.717) is 11.5 Å². The standard InChI is InChI=1S/C23H35N3O2S/c1-5-16(27)13-15-7-8-18-19(15)20-21(24-14-25-22(20)29-18)28-17-9-11-23(6-2,12-10-17)26(3)4/h14-17,27H,5-13H2,1-4H3/t15-,16-,17?,23?/m1/s1. The molecule has 2 aliphatic carbocycles. The van der Waals surface area contributed by atoms with Gasteiger partial charge in [0.2, 0.25) is 5.88 Å². The number of aliphatic hydroxyl groups is 1. The van der Waals surface area contributed by atoms with Gasteiger partial charge in [-0.25, -0.2) is 9.97 Å². The average molecular weight is 418 g/mol. The minimum absolute atomic E-state index is 0.226. The molecule has 2 aliphatic rings. The Labute approximate surface area is 178 Å². The van der Waals surface area contributed by atoms with Gasteiger partial charge in [0.1, 0.15) is 17.3 Å². The highest BCUT2D eigenvalue weighted by molar-refractivity contribution is 7.19. The van der Waals surface area contributed by atoms with Crippen molar-refractivity contribution in [2.75, 3.05) is 14.1 Å². The molecule has 0 aromatic carbocycles. The molecule has 2 aromatic heterocycles. The summed E-state index contributed by atoms with van der Waals surface area (Å²) in [5, 5.41) is 11.4. The lowest BCUT2D eigenvalue weighted by atomic mass is 9.77. The van der Waals surface area contributed by atoms with Crippen LogP contribution in [0.15, 0.2) is 6.33 Å². The molecule has 4 rings (SSSR count). The Morgan fingerprint density at radius 3 is 2.66 bits per heavy atom. The summed E-state index contributed by atoms with van der Waals surface area (Å²) in [5.74, 6) is 1.17. The van der Waals surface area contributed by atoms with E-state index in [1.807, 2.05) is 0 Å². The first-order chi connectivity index (χ1) is 14.0. The first-order valence-corrected chi connectivity index (χ1v) is 12.1. The number of hydrogen-bond acceptors (Lipinski definition) is 6. The third-order valence-corrected chi connectivity index (χ3v) is 8.65. The van der Waals surface area contributed by atoms with Crippen molar-refractivity contribution in [1.29, 1.82) is 0 Å². The fraction of sp³-hybridized carbons (Fsp3) is 0.739. The van der Waals surface area contributed by atoms with Crippen molar-refractivity contribution in [3.05, 3.63) is 16.8 Å². The number of ether oxygens (including phenoxy) is 1. The van der Waals surface area contributed by atoms with Gasteiger partial charge >= 0.3 is 0 Å². The molecule has 0 bridgehead atoms. The Morgan fingerprint density at radius 1 is 1.24 bits per heavy atom. The van der Waals surface area contributed by atoms with Gasteiger partial charge in [-0.1, -0.05) is 13.8 Å². The van der Waals surface area contributed by atoms with Crippen molar-refractivity contribution in [1.82, 2.24) is 14.9 Å². The number of hydrogen-bond donors (Lipinski definition) is 1. The Balaban J connectivity index is 1.56. The van der Waals surface area contributed by atoms with Crippen molar-refractivity contribution >= 4 is 21.6 Å². The summed E-state index contributed by atoms with van der Waals surface area (Å²) in [6, 6.07) is 0. The summed E-state index contributed by atoms with van der Waals surface area (Å²) in [6.07, 6.45) is 11.1. The predicted octanol–water partition coefficient (Wildman–Crippen LogP) is 4.91. The number of aromatic nitrogens is 2. The van der Waals surface area contributed by atoms with Crippen LogP contribution in [-0.2, 0) is 6.42 Å². The monoisotopic (exact) mass is 417 g/mol. The molecule has 0 spiro atoms. The van der Waals surface area contributed by atoms with Gasteiger partial charge in [-0.05, 0) is 83.4 Å². The number of rotatable bonds is 7. The van der Waals surface area contributed by atoms with Crippen molar-refractivity contribution in [2.45, 2.75) is 95.3 Å². The smallest absolute Gasteiger partial charge is 0.225 e. The van der Waals surface area contributed by atoms with Crippen molar-refractivity contribution in [3.63, 3.8) is 0 Å². The number of nitrogens with zero attached hydrogens (tertiary/aromatic N) is 3. The van der Waals surface area contributed by atoms with E-state index in [4.69, 9.17) is 4.74 Å². The fourth-order valence-electron chi connectivity index (χ4n) is 5.38. The second-order valence-corrected chi connectivity index (χ2v) is 10.2. The molecule has 1 saturated carbocycles. The molecule has 1 fully saturated rings. The van der Waals surface area contributed by atoms with Crippen LogP contribution in [0.3, 0.4) is 0 Å². The van der Waals surface area contributed by atoms with Crippen LogP contribution < -0.4 is 4.74 Å². The quantitative estimate of drug-likeness (QED) is 0.693. The van der Waals surface area contributed by atoms with E-state index in [1.165, 1.54) is 29.7 Å². The van der Waals surface area contributed by atoms with Crippen LogP contribution in [0, 0.1) is 0 Å². The summed E-state index contributed by atoms with van der Waals surface area (Å²) in [5.41, 5.74) is 1.67. The van der Waals surface area contributed by atoms with E-state index in [0.717, 1.165) is 54.6 Å². The lowest BCUT2D eigenvalue weighted by molar-refractivity contribution is 0.0402. The Morgan fingerprint density at radius 2 is 2.00 bits per heavy atom. The first-order valence-electron chi connectivity index (χ1n) is 11.3. The van der Waals surface area contributed by atoms with Crippen LogP contribution in [-0.4, -0.2) is 51.8 Å². The molecule has 0 amide bonds. The summed E-state index contributed by atoms with van der Waals surface area (Å²) < 4.78 is 6.52. The average Bonchev–Trinajstić information content (AvgIpc) is 3.28. The number of thiophene rings is 1. The van der Waals surface area contributed by atoms with Crippen LogP contribution in [0.2, 0.25) is 0 Å². The molecule has 1 N–H and O–H groups in total. The van der Waals surface area contributed by atoms with E-state index < -0.39 is 0 Å². The maximum Gasteiger partial charge on any atom is 0.225 e. The van der Waals surface area contributed by atoms with Gasteiger partial charge in [-0.2, -0.15) is 0 Å². The Hall–Kier alpha value is -1.24. The molecule has 0 unspecified atom stereocenters. The van der Waals surface area contributed by atoms with E-state index in [2.05, 4.69) is 42.8 Å². The van der Waals surface area contributed by atoms with Gasteiger partial charge in [-0.15, -0.1) is 11.3 Å². The molecule has 2 atom stereocenters. The highest BCUT2D eigenvalue weighted by atomic mass is 32.1. The number of fused-ring (bicyclic) bond motifs is 3. The molecule has 0 aliphatic heterocycles. The van der Waals surface area contributed by atoms with Gasteiger partial charge in [-0.3, -0.25) is 0 Å². The summed E-state index contributed by atoms with van der Waals surface area (Å²) in [7, 11) is 4.41. The maximum absolute atomic E-state index is 10.2. The lowest BCUT2D eigenvalue weighted by Gasteiger charge is -2.44. The summed E-state index contributed by atoms with van der Waals surface area (Å²) in [4.78, 5) is 14.0. The molecule has 5 nitrogen and oxygen atoms in total. The van der Waals surface area contributed by atoms with Crippen molar-refractivity contribution in [2.24, 2.45) is 0 Å². The summed E-state index contributed by atoms with van der Waals surface area (Å²) in [6.45, 7) is 4.35. The Kier molecular flexibility index (Phi) is 6.14. The number of aryl methyl sites for hydroxylation is 1. The third-order valence-electron chi connectivity index (χ3n) is 7.47. The zero-order chi connectivity index (χ0) is 20.6. The number of aliphatic hydroxyl groups excluding tert-OH is 1. The van der Waals surface area contributed by atoms with Gasteiger partial charge in [0, 0.05) is 10.4 Å². The summed E-state index contributed by atoms with van der Waals surface area (Å²) >= 11 is 1.79. The molecular weight excluding hydrogens is 382 g/mol. The third kappa shape index (κ3) is 3.91. The lowest BCUT2D eigenvalue weighted by Crippen LogP contribution is -2.48. The fourth-order valence-corrected chi connectivity index (χ4v) is 6.61. The van der Waals surface area contributed by atoms with Crippen LogP contribution in [0.4, 0.5) is 0 Å². The molecule has 0 radical (unpaired) electrons. The van der Waals surface area contributed by atoms with E-state index >= 15 is 0 Å². The van der Waals surface area contributed by atoms with Crippen LogP contribution in [0.5, 0.6) is 5.88 Å². The van der Waals surface area contributed by atoms with Crippen LogP contribution in [0.1, 0.15) is 81.6 Å². The second-order valence-electron chi connectivity index (χ2n) is 9.12. The van der Waals surface area contributed by atoms with Crippen molar-refractivity contribution < 1.29 is 9.84 Å². The van der Waals surface area contributed by atoms with Crippen LogP contribution in [0.25, 0.3) is 10.2 Å². The van der Waals surface area contributed by atoms with E-state index in [-0.39, 0.29) is 12.2 Å². The SMILES string of the molecule is CC[C@@H](O)C[C@H]1CCc2sc3ncnc(OC4CCC(CC)(N(C)C)CC4)c3c21. The normalized spacial score (nSPS) is 28.1. The first kappa shape index (κ1) is 21.0. The molecule has 2 aromatic rings. The topological polar surface area (TPSA) is 58.5 Å². The maximum atomic E-state index is 10.2. The predicted molar refractivity (Wildman–Crippen MR) is 119 cm³/mol. The molecule has 6 heteroatoms. The Bertz CT molecular complexity index is 842. The highest BCUT2D eigenvalue weighted by Gasteiger charge is 2.37. The van der Waals surface area contributed by atoms with Gasteiger partial charge < -0.3 is 14.7 Å².